The fraction of sp³-hybridized carbons (Fsp3) is 0.250. The molecule has 23 heavy (non-hydrogen) atoms. The molecule has 0 spiro atoms. The molecule has 1 atom stereocenters. The smallest absolute Gasteiger partial charge is 0.224 e. The van der Waals surface area contributed by atoms with E-state index in [-0.39, 0.29) is 11.1 Å². The summed E-state index contributed by atoms with van der Waals surface area (Å²) in [7, 11) is 2.42. The number of aryl methyl sites for hydroxylation is 1. The molecule has 1 aromatic carbocycles. The number of nitrogens with one attached hydrogen (secondary N) is 2. The molecule has 2 heterocycles. The van der Waals surface area contributed by atoms with Crippen LogP contribution in [0, 0.1) is 12.7 Å². The molecule has 0 aliphatic rings. The van der Waals surface area contributed by atoms with Crippen LogP contribution < -0.4 is 5.32 Å². The van der Waals surface area contributed by atoms with E-state index in [4.69, 9.17) is 11.6 Å². The molecule has 0 amide bonds. The van der Waals surface area contributed by atoms with Crippen molar-refractivity contribution in [2.75, 3.05) is 12.0 Å². The second-order valence-electron chi connectivity index (χ2n) is 4.21. The van der Waals surface area contributed by atoms with Gasteiger partial charge in [-0.15, -0.1) is 9.24 Å². The van der Waals surface area contributed by atoms with Gasteiger partial charge >= 0.3 is 0 Å². The number of benzene rings is 1. The van der Waals surface area contributed by atoms with Crippen molar-refractivity contribution in [3.63, 3.8) is 0 Å². The lowest BCUT2D eigenvalue weighted by molar-refractivity contribution is 0.619. The van der Waals surface area contributed by atoms with E-state index in [9.17, 15) is 4.39 Å². The summed E-state index contributed by atoms with van der Waals surface area (Å²) in [6.07, 6.45) is 1.04. The quantitative estimate of drug-likeness (QED) is 0.483. The maximum absolute atomic E-state index is 13.5. The first-order valence-electron chi connectivity index (χ1n) is 7.24. The minimum absolute atomic E-state index is 0.00228. The topological polar surface area (TPSA) is 53.6 Å². The van der Waals surface area contributed by atoms with Crippen LogP contribution in [0.25, 0.3) is 10.9 Å². The number of aromatic nitrogens is 3. The Balaban J connectivity index is 0.000000615. The zero-order valence-corrected chi connectivity index (χ0v) is 15.5. The second kappa shape index (κ2) is 9.43. The number of hydrogen-bond acceptors (Lipinski definition) is 3. The van der Waals surface area contributed by atoms with E-state index in [0.717, 1.165) is 28.5 Å². The van der Waals surface area contributed by atoms with E-state index in [0.29, 0.717) is 0 Å². The molecule has 0 aliphatic heterocycles. The summed E-state index contributed by atoms with van der Waals surface area (Å²) in [5.41, 5.74) is 2.84. The average Bonchev–Trinajstić information content (AvgIpc) is 2.94. The first kappa shape index (κ1) is 19.3. The van der Waals surface area contributed by atoms with E-state index >= 15 is 0 Å². The molecular formula is C16H21ClFN4P. The van der Waals surface area contributed by atoms with Gasteiger partial charge in [-0.2, -0.15) is 4.98 Å². The van der Waals surface area contributed by atoms with Crippen molar-refractivity contribution in [2.24, 2.45) is 0 Å². The van der Waals surface area contributed by atoms with Crippen molar-refractivity contribution in [3.8, 4) is 0 Å². The highest BCUT2D eigenvalue weighted by molar-refractivity contribution is 7.15. The third-order valence-corrected chi connectivity index (χ3v) is 2.91. The van der Waals surface area contributed by atoms with Gasteiger partial charge in [0.15, 0.2) is 11.6 Å². The number of fused-ring (bicyclic) bond motifs is 1. The Morgan fingerprint density at radius 2 is 1.91 bits per heavy atom. The van der Waals surface area contributed by atoms with Crippen LogP contribution >= 0.6 is 20.8 Å². The first-order valence-corrected chi connectivity index (χ1v) is 8.77. The Morgan fingerprint density at radius 1 is 1.22 bits per heavy atom. The molecule has 2 N–H and O–H groups in total. The van der Waals surface area contributed by atoms with E-state index < -0.39 is 5.82 Å². The van der Waals surface area contributed by atoms with Crippen LogP contribution in [0.1, 0.15) is 19.5 Å². The number of halogens is 2. The number of aromatic amines is 1. The lowest BCUT2D eigenvalue weighted by Crippen LogP contribution is -1.98. The van der Waals surface area contributed by atoms with Gasteiger partial charge in [0.2, 0.25) is 5.28 Å². The Hall–Kier alpha value is -1.71. The largest absolute Gasteiger partial charge is 0.359 e. The molecule has 0 bridgehead atoms. The van der Waals surface area contributed by atoms with Crippen LogP contribution in [0.3, 0.4) is 0 Å². The third-order valence-electron chi connectivity index (χ3n) is 2.73. The maximum Gasteiger partial charge on any atom is 0.224 e. The number of anilines is 2. The van der Waals surface area contributed by atoms with Gasteiger partial charge in [0.05, 0.1) is 6.20 Å². The normalized spacial score (nSPS) is 9.52. The van der Waals surface area contributed by atoms with Gasteiger partial charge in [-0.05, 0) is 42.8 Å². The molecule has 7 heteroatoms. The van der Waals surface area contributed by atoms with Gasteiger partial charge in [0, 0.05) is 22.3 Å². The van der Waals surface area contributed by atoms with Crippen LogP contribution in [0.5, 0.6) is 0 Å². The zero-order chi connectivity index (χ0) is 17.4. The van der Waals surface area contributed by atoms with E-state index in [1.807, 2.05) is 51.7 Å². The standard InChI is InChI=1S/C13H10ClFN4.C2H6.CH5P/c1-7-4-8-5-9(2-3-11(8)17-7)18-12-10(15)6-16-13(14)19-12;2*1-2/h2-6,17H,1H3,(H,16,18,19);1-2H3;2H2,1H3. The minimum Gasteiger partial charge on any atom is -0.359 e. The molecule has 0 radical (unpaired) electrons. The van der Waals surface area contributed by atoms with Crippen LogP contribution in [0.15, 0.2) is 30.5 Å². The molecule has 0 fully saturated rings. The van der Waals surface area contributed by atoms with Crippen LogP contribution in [-0.2, 0) is 0 Å². The predicted molar refractivity (Wildman–Crippen MR) is 100 cm³/mol. The molecule has 1 unspecified atom stereocenters. The maximum atomic E-state index is 13.5. The third kappa shape index (κ3) is 5.15. The van der Waals surface area contributed by atoms with Crippen molar-refractivity contribution in [1.82, 2.24) is 15.0 Å². The molecule has 2 aromatic heterocycles. The van der Waals surface area contributed by atoms with Crippen molar-refractivity contribution in [3.05, 3.63) is 47.3 Å². The highest BCUT2D eigenvalue weighted by atomic mass is 35.5. The molecule has 3 aromatic rings. The first-order chi connectivity index (χ1) is 11.1. The summed E-state index contributed by atoms with van der Waals surface area (Å²) in [5, 5.41) is 3.94. The summed E-state index contributed by atoms with van der Waals surface area (Å²) in [6, 6.07) is 7.69. The summed E-state index contributed by atoms with van der Waals surface area (Å²) < 4.78 is 13.5. The van der Waals surface area contributed by atoms with E-state index in [1.165, 1.54) is 0 Å². The molecule has 124 valence electrons. The zero-order valence-electron chi connectivity index (χ0n) is 13.6. The Labute approximate surface area is 143 Å². The fourth-order valence-corrected chi connectivity index (χ4v) is 2.06. The molecule has 0 saturated heterocycles. The Kier molecular flexibility index (Phi) is 7.93. The van der Waals surface area contributed by atoms with Crippen molar-refractivity contribution in [1.29, 1.82) is 0 Å². The number of rotatable bonds is 2. The Bertz CT molecular complexity index is 761. The van der Waals surface area contributed by atoms with Crippen molar-refractivity contribution >= 4 is 43.2 Å². The predicted octanol–water partition coefficient (Wildman–Crippen LogP) is 5.32. The van der Waals surface area contributed by atoms with Gasteiger partial charge in [-0.25, -0.2) is 9.37 Å². The summed E-state index contributed by atoms with van der Waals surface area (Å²) in [5.74, 6) is -0.485. The number of nitrogens with zero attached hydrogens (tertiary/aromatic N) is 2. The Morgan fingerprint density at radius 3 is 2.61 bits per heavy atom. The highest BCUT2D eigenvalue weighted by Gasteiger charge is 2.07. The van der Waals surface area contributed by atoms with Gasteiger partial charge in [-0.1, -0.05) is 20.5 Å². The molecule has 0 saturated carbocycles. The monoisotopic (exact) mass is 354 g/mol. The fourth-order valence-electron chi connectivity index (χ4n) is 1.93. The van der Waals surface area contributed by atoms with Gasteiger partial charge < -0.3 is 10.3 Å². The van der Waals surface area contributed by atoms with Crippen LogP contribution in [-0.4, -0.2) is 21.6 Å². The minimum atomic E-state index is -0.547. The van der Waals surface area contributed by atoms with E-state index in [2.05, 4.69) is 29.5 Å². The number of H-pyrrole nitrogens is 1. The van der Waals surface area contributed by atoms with Gasteiger partial charge in [-0.3, -0.25) is 0 Å². The summed E-state index contributed by atoms with van der Waals surface area (Å²) in [4.78, 5) is 10.6. The molecule has 0 aliphatic carbocycles. The number of hydrogen-bond donors (Lipinski definition) is 2. The summed E-state index contributed by atoms with van der Waals surface area (Å²) >= 11 is 5.65. The van der Waals surface area contributed by atoms with Crippen LogP contribution in [0.2, 0.25) is 5.28 Å². The van der Waals surface area contributed by atoms with Crippen molar-refractivity contribution < 1.29 is 4.39 Å². The van der Waals surface area contributed by atoms with Gasteiger partial charge in [0.25, 0.3) is 0 Å². The highest BCUT2D eigenvalue weighted by Crippen LogP contribution is 2.23. The molecule has 4 nitrogen and oxygen atoms in total. The molecule has 3 rings (SSSR count). The second-order valence-corrected chi connectivity index (χ2v) is 4.55. The lowest BCUT2D eigenvalue weighted by Gasteiger charge is -2.06. The van der Waals surface area contributed by atoms with Crippen molar-refractivity contribution in [2.45, 2.75) is 20.8 Å². The van der Waals surface area contributed by atoms with Gasteiger partial charge in [0.1, 0.15) is 0 Å². The summed E-state index contributed by atoms with van der Waals surface area (Å²) in [6.45, 7) is 7.90. The van der Waals surface area contributed by atoms with Crippen LogP contribution in [0.4, 0.5) is 15.9 Å². The lowest BCUT2D eigenvalue weighted by atomic mass is 10.2. The average molecular weight is 355 g/mol. The van der Waals surface area contributed by atoms with E-state index in [1.54, 1.807) is 0 Å². The SMILES string of the molecule is CC.CP.Cc1cc2cc(Nc3nc(Cl)ncc3F)ccc2[nH]1. The molecular weight excluding hydrogens is 334 g/mol.